The number of hydrogen-bond acceptors (Lipinski definition) is 4. The lowest BCUT2D eigenvalue weighted by Crippen LogP contribution is -2.42. The average molecular weight is 290 g/mol. The first-order valence-electron chi connectivity index (χ1n) is 7.80. The Morgan fingerprint density at radius 2 is 2.14 bits per heavy atom. The molecule has 1 atom stereocenters. The van der Waals surface area contributed by atoms with Gasteiger partial charge in [0.2, 0.25) is 0 Å². The topological polar surface area (TPSA) is 41.6 Å². The second-order valence-electron chi connectivity index (χ2n) is 5.67. The van der Waals surface area contributed by atoms with Crippen LogP contribution in [0.4, 0.5) is 5.69 Å². The number of hydrogen-bond donors (Lipinski definition) is 1. The van der Waals surface area contributed by atoms with Gasteiger partial charge in [-0.25, -0.2) is 0 Å². The van der Waals surface area contributed by atoms with E-state index in [1.165, 1.54) is 31.2 Å². The van der Waals surface area contributed by atoms with Crippen LogP contribution in [0.1, 0.15) is 31.7 Å². The Kier molecular flexibility index (Phi) is 5.62. The number of rotatable bonds is 8. The lowest BCUT2D eigenvalue weighted by molar-refractivity contribution is -0.143. The van der Waals surface area contributed by atoms with Crippen molar-refractivity contribution >= 4 is 11.7 Å². The molecule has 2 rings (SSSR count). The summed E-state index contributed by atoms with van der Waals surface area (Å²) in [5, 5.41) is 3.39. The van der Waals surface area contributed by atoms with Gasteiger partial charge in [0, 0.05) is 24.8 Å². The number of carbonyl (C=O) groups excluding carboxylic acids is 1. The van der Waals surface area contributed by atoms with Gasteiger partial charge in [0.1, 0.15) is 6.04 Å². The Hall–Kier alpha value is -1.55. The predicted octanol–water partition coefficient (Wildman–Crippen LogP) is 2.51. The molecule has 1 saturated carbocycles. The summed E-state index contributed by atoms with van der Waals surface area (Å²) in [7, 11) is 1.46. The minimum Gasteiger partial charge on any atom is -0.468 e. The monoisotopic (exact) mass is 290 g/mol. The summed E-state index contributed by atoms with van der Waals surface area (Å²) in [5.41, 5.74) is 2.51. The summed E-state index contributed by atoms with van der Waals surface area (Å²) >= 11 is 0. The van der Waals surface area contributed by atoms with Gasteiger partial charge < -0.3 is 15.0 Å². The van der Waals surface area contributed by atoms with Gasteiger partial charge in [0.25, 0.3) is 0 Å². The van der Waals surface area contributed by atoms with Crippen LogP contribution in [0.25, 0.3) is 0 Å². The molecule has 0 radical (unpaired) electrons. The van der Waals surface area contributed by atoms with Crippen molar-refractivity contribution in [1.82, 2.24) is 5.32 Å². The minimum absolute atomic E-state index is 0.150. The van der Waals surface area contributed by atoms with Crippen LogP contribution in [-0.2, 0) is 9.53 Å². The predicted molar refractivity (Wildman–Crippen MR) is 85.6 cm³/mol. The number of carbonyl (C=O) groups is 1. The van der Waals surface area contributed by atoms with Crippen LogP contribution in [0.3, 0.4) is 0 Å². The van der Waals surface area contributed by atoms with Gasteiger partial charge in [0.05, 0.1) is 7.11 Å². The molecule has 1 aliphatic carbocycles. The zero-order chi connectivity index (χ0) is 15.2. The van der Waals surface area contributed by atoms with Crippen molar-refractivity contribution in [3.63, 3.8) is 0 Å². The highest BCUT2D eigenvalue weighted by Crippen LogP contribution is 2.22. The number of para-hydroxylation sites is 1. The van der Waals surface area contributed by atoms with Crippen LogP contribution in [0.2, 0.25) is 0 Å². The van der Waals surface area contributed by atoms with Gasteiger partial charge in [-0.1, -0.05) is 18.2 Å². The van der Waals surface area contributed by atoms with Gasteiger partial charge in [-0.2, -0.15) is 0 Å². The lowest BCUT2D eigenvalue weighted by atomic mass is 10.1. The van der Waals surface area contributed by atoms with Crippen molar-refractivity contribution in [2.45, 2.75) is 45.2 Å². The van der Waals surface area contributed by atoms with Crippen molar-refractivity contribution in [1.29, 1.82) is 0 Å². The zero-order valence-electron chi connectivity index (χ0n) is 13.3. The molecule has 1 aromatic carbocycles. The van der Waals surface area contributed by atoms with Crippen molar-refractivity contribution in [3.05, 3.63) is 29.8 Å². The largest absolute Gasteiger partial charge is 0.468 e. The summed E-state index contributed by atoms with van der Waals surface area (Å²) < 4.78 is 4.92. The molecule has 1 unspecified atom stereocenters. The number of ether oxygens (including phenoxy) is 1. The second kappa shape index (κ2) is 7.46. The van der Waals surface area contributed by atoms with Gasteiger partial charge in [0.15, 0.2) is 0 Å². The molecule has 1 fully saturated rings. The third kappa shape index (κ3) is 4.46. The normalized spacial score (nSPS) is 15.6. The maximum absolute atomic E-state index is 11.9. The number of anilines is 1. The second-order valence-corrected chi connectivity index (χ2v) is 5.67. The highest BCUT2D eigenvalue weighted by molar-refractivity contribution is 5.75. The van der Waals surface area contributed by atoms with Crippen LogP contribution < -0.4 is 10.2 Å². The molecule has 0 amide bonds. The van der Waals surface area contributed by atoms with Crippen molar-refractivity contribution in [2.75, 3.05) is 25.1 Å². The van der Waals surface area contributed by atoms with E-state index in [0.717, 1.165) is 19.5 Å². The first-order valence-corrected chi connectivity index (χ1v) is 7.80. The van der Waals surface area contributed by atoms with E-state index in [0.29, 0.717) is 6.04 Å². The Bertz CT molecular complexity index is 472. The lowest BCUT2D eigenvalue weighted by Gasteiger charge is -2.27. The fourth-order valence-electron chi connectivity index (χ4n) is 2.60. The summed E-state index contributed by atoms with van der Waals surface area (Å²) in [6, 6.07) is 8.69. The van der Waals surface area contributed by atoms with E-state index in [1.54, 1.807) is 0 Å². The molecule has 1 N–H and O–H groups in total. The third-order valence-corrected chi connectivity index (χ3v) is 4.03. The van der Waals surface area contributed by atoms with Gasteiger partial charge >= 0.3 is 5.97 Å². The highest BCUT2D eigenvalue weighted by Gasteiger charge is 2.29. The Labute approximate surface area is 127 Å². The van der Waals surface area contributed by atoms with E-state index in [2.05, 4.69) is 48.3 Å². The number of benzene rings is 1. The first-order chi connectivity index (χ1) is 10.2. The SMILES string of the molecule is CCN(CCC(NC1CC1)C(=O)OC)c1ccccc1C. The molecule has 1 aliphatic rings. The smallest absolute Gasteiger partial charge is 0.322 e. The first kappa shape index (κ1) is 15.8. The fourth-order valence-corrected chi connectivity index (χ4v) is 2.60. The minimum atomic E-state index is -0.194. The Morgan fingerprint density at radius 1 is 1.43 bits per heavy atom. The molecule has 21 heavy (non-hydrogen) atoms. The van der Waals surface area contributed by atoms with E-state index in [1.807, 2.05) is 0 Å². The average Bonchev–Trinajstić information content (AvgIpc) is 3.31. The van der Waals surface area contributed by atoms with E-state index >= 15 is 0 Å². The maximum atomic E-state index is 11.9. The number of methoxy groups -OCH3 is 1. The van der Waals surface area contributed by atoms with Gasteiger partial charge in [-0.15, -0.1) is 0 Å². The molecule has 4 nitrogen and oxygen atoms in total. The number of nitrogens with zero attached hydrogens (tertiary/aromatic N) is 1. The third-order valence-electron chi connectivity index (χ3n) is 4.03. The molecule has 0 aliphatic heterocycles. The van der Waals surface area contributed by atoms with Crippen LogP contribution in [-0.4, -0.2) is 38.3 Å². The van der Waals surface area contributed by atoms with Crippen LogP contribution >= 0.6 is 0 Å². The number of aryl methyl sites for hydroxylation is 1. The molecule has 116 valence electrons. The van der Waals surface area contributed by atoms with Gasteiger partial charge in [-0.3, -0.25) is 4.79 Å². The Morgan fingerprint density at radius 3 is 2.71 bits per heavy atom. The number of esters is 1. The Balaban J connectivity index is 1.96. The van der Waals surface area contributed by atoms with E-state index in [4.69, 9.17) is 4.74 Å². The number of nitrogens with one attached hydrogen (secondary N) is 1. The van der Waals surface area contributed by atoms with Crippen molar-refractivity contribution in [3.8, 4) is 0 Å². The van der Waals surface area contributed by atoms with Crippen molar-refractivity contribution < 1.29 is 9.53 Å². The summed E-state index contributed by atoms with van der Waals surface area (Å²) in [6.07, 6.45) is 3.11. The standard InChI is InChI=1S/C17H26N2O2/c1-4-19(16-8-6-5-7-13(16)2)12-11-15(17(20)21-3)18-14-9-10-14/h5-8,14-15,18H,4,9-12H2,1-3H3. The summed E-state index contributed by atoms with van der Waals surface area (Å²) in [5.74, 6) is -0.150. The molecule has 0 aromatic heterocycles. The highest BCUT2D eigenvalue weighted by atomic mass is 16.5. The molecule has 0 bridgehead atoms. The molecular weight excluding hydrogens is 264 g/mol. The van der Waals surface area contributed by atoms with E-state index < -0.39 is 0 Å². The summed E-state index contributed by atoms with van der Waals surface area (Å²) in [6.45, 7) is 6.05. The van der Waals surface area contributed by atoms with Crippen LogP contribution in [0.15, 0.2) is 24.3 Å². The molecule has 0 spiro atoms. The quantitative estimate of drug-likeness (QED) is 0.747. The maximum Gasteiger partial charge on any atom is 0.322 e. The molecule has 0 saturated heterocycles. The van der Waals surface area contributed by atoms with Crippen molar-refractivity contribution in [2.24, 2.45) is 0 Å². The van der Waals surface area contributed by atoms with E-state index in [9.17, 15) is 4.79 Å². The van der Waals surface area contributed by atoms with Crippen LogP contribution in [0.5, 0.6) is 0 Å². The molecular formula is C17H26N2O2. The zero-order valence-corrected chi connectivity index (χ0v) is 13.3. The molecule has 0 heterocycles. The molecule has 1 aromatic rings. The summed E-state index contributed by atoms with van der Waals surface area (Å²) in [4.78, 5) is 14.2. The molecule has 4 heteroatoms. The van der Waals surface area contributed by atoms with E-state index in [-0.39, 0.29) is 12.0 Å². The van der Waals surface area contributed by atoms with Crippen LogP contribution in [0, 0.1) is 6.92 Å². The fraction of sp³-hybridized carbons (Fsp3) is 0.588. The van der Waals surface area contributed by atoms with Gasteiger partial charge in [-0.05, 0) is 44.7 Å².